The van der Waals surface area contributed by atoms with Gasteiger partial charge >= 0.3 is 0 Å². The van der Waals surface area contributed by atoms with Crippen molar-refractivity contribution in [3.8, 4) is 22.7 Å². The zero-order valence-corrected chi connectivity index (χ0v) is 25.4. The van der Waals surface area contributed by atoms with E-state index in [0.29, 0.717) is 12.2 Å². The van der Waals surface area contributed by atoms with E-state index in [4.69, 9.17) is 9.72 Å². The Labute approximate surface area is 258 Å². The van der Waals surface area contributed by atoms with Crippen LogP contribution < -0.4 is 10.2 Å². The first-order valence-electron chi connectivity index (χ1n) is 13.9. The molecule has 43 heavy (non-hydrogen) atoms. The number of rotatable bonds is 8. The van der Waals surface area contributed by atoms with Gasteiger partial charge in [0.05, 0.1) is 23.0 Å². The number of amides is 1. The highest BCUT2D eigenvalue weighted by Crippen LogP contribution is 2.26. The molecule has 0 aliphatic rings. The first-order chi connectivity index (χ1) is 21.0. The smallest absolute Gasteiger partial charge is 0.272 e. The summed E-state index contributed by atoms with van der Waals surface area (Å²) < 4.78 is 9.17. The van der Waals surface area contributed by atoms with Crippen molar-refractivity contribution in [1.82, 2.24) is 15.0 Å². The maximum absolute atomic E-state index is 13.3. The monoisotopic (exact) mass is 628 g/mol. The molecule has 0 spiro atoms. The number of nitrogens with one attached hydrogen (secondary N) is 1. The summed E-state index contributed by atoms with van der Waals surface area (Å²) in [7, 11) is 0. The molecule has 6 aromatic rings. The molecule has 2 heterocycles. The number of carbonyl (C=O) groups excluding carboxylic acids is 1. The van der Waals surface area contributed by atoms with E-state index in [2.05, 4.69) is 44.0 Å². The average molecular weight is 630 g/mol. The van der Waals surface area contributed by atoms with Crippen molar-refractivity contribution in [1.29, 1.82) is 0 Å². The molecule has 0 saturated carbocycles. The molecule has 7 heteroatoms. The summed E-state index contributed by atoms with van der Waals surface area (Å²) in [6, 6.07) is 37.5. The van der Waals surface area contributed by atoms with Crippen LogP contribution in [0.1, 0.15) is 32.9 Å². The van der Waals surface area contributed by atoms with Crippen molar-refractivity contribution in [2.45, 2.75) is 20.5 Å². The van der Waals surface area contributed by atoms with Crippen LogP contribution in [-0.4, -0.2) is 21.7 Å². The second-order valence-corrected chi connectivity index (χ2v) is 11.1. The Kier molecular flexibility index (Phi) is 8.16. The van der Waals surface area contributed by atoms with Gasteiger partial charge in [-0.15, -0.1) is 0 Å². The molecule has 0 atom stereocenters. The maximum atomic E-state index is 13.3. The predicted molar refractivity (Wildman–Crippen MR) is 176 cm³/mol. The van der Waals surface area contributed by atoms with Crippen molar-refractivity contribution in [3.63, 3.8) is 0 Å². The summed E-state index contributed by atoms with van der Waals surface area (Å²) >= 11 is 3.46. The molecule has 2 aromatic heterocycles. The number of pyridine rings is 1. The largest absolute Gasteiger partial charge is 0.489 e. The van der Waals surface area contributed by atoms with E-state index in [1.54, 1.807) is 6.21 Å². The van der Waals surface area contributed by atoms with Gasteiger partial charge in [-0.05, 0) is 74.0 Å². The second-order valence-electron chi connectivity index (χ2n) is 10.2. The molecular formula is C36H29BrN4O2. The summed E-state index contributed by atoms with van der Waals surface area (Å²) in [4.78, 5) is 18.1. The summed E-state index contributed by atoms with van der Waals surface area (Å²) in [6.45, 7) is 4.59. The lowest BCUT2D eigenvalue weighted by molar-refractivity contribution is 0.0956. The fourth-order valence-corrected chi connectivity index (χ4v) is 5.36. The lowest BCUT2D eigenvalue weighted by Gasteiger charge is -2.11. The standard InChI is InChI=1S/C36H29BrN4O2/c1-24-20-28(25(2)41(24)30-16-18-31(19-17-30)43-23-26-12-14-29(37)15-13-26)22-38-40-36(42)33-21-35(27-8-4-3-5-9-27)39-34-11-7-6-10-32(33)34/h3-22H,23H2,1-2H3,(H,40,42)/b38-22-. The quantitative estimate of drug-likeness (QED) is 0.136. The van der Waals surface area contributed by atoms with Crippen molar-refractivity contribution >= 4 is 39.0 Å². The zero-order valence-electron chi connectivity index (χ0n) is 23.8. The number of ether oxygens (including phenoxy) is 1. The number of benzene rings is 4. The third kappa shape index (κ3) is 6.27. The van der Waals surface area contributed by atoms with E-state index in [1.807, 2.05) is 116 Å². The van der Waals surface area contributed by atoms with Crippen LogP contribution in [0.4, 0.5) is 0 Å². The number of halogens is 1. The van der Waals surface area contributed by atoms with E-state index < -0.39 is 0 Å². The van der Waals surface area contributed by atoms with E-state index in [1.165, 1.54) is 0 Å². The minimum Gasteiger partial charge on any atom is -0.489 e. The minimum absolute atomic E-state index is 0.292. The molecule has 4 aromatic carbocycles. The number of aryl methyl sites for hydroxylation is 1. The molecule has 1 N–H and O–H groups in total. The van der Waals surface area contributed by atoms with Crippen molar-refractivity contribution in [2.75, 3.05) is 0 Å². The highest BCUT2D eigenvalue weighted by Gasteiger charge is 2.14. The van der Waals surface area contributed by atoms with Crippen molar-refractivity contribution in [2.24, 2.45) is 5.10 Å². The summed E-state index contributed by atoms with van der Waals surface area (Å²) in [6.07, 6.45) is 1.69. The van der Waals surface area contributed by atoms with Gasteiger partial charge in [0.25, 0.3) is 5.91 Å². The van der Waals surface area contributed by atoms with Crippen LogP contribution in [0.3, 0.4) is 0 Å². The minimum atomic E-state index is -0.292. The van der Waals surface area contributed by atoms with Gasteiger partial charge < -0.3 is 9.30 Å². The first-order valence-corrected chi connectivity index (χ1v) is 14.7. The molecule has 0 fully saturated rings. The van der Waals surface area contributed by atoms with Gasteiger partial charge in [-0.1, -0.05) is 76.6 Å². The fraction of sp³-hybridized carbons (Fsp3) is 0.0833. The molecule has 0 unspecified atom stereocenters. The first kappa shape index (κ1) is 28.1. The molecule has 0 saturated heterocycles. The third-order valence-electron chi connectivity index (χ3n) is 7.28. The van der Waals surface area contributed by atoms with Gasteiger partial charge in [0.15, 0.2) is 0 Å². The van der Waals surface area contributed by atoms with E-state index in [0.717, 1.165) is 60.6 Å². The second kappa shape index (κ2) is 12.5. The van der Waals surface area contributed by atoms with Crippen LogP contribution in [0.5, 0.6) is 5.75 Å². The molecule has 1 amide bonds. The lowest BCUT2D eigenvalue weighted by atomic mass is 10.0. The number of fused-ring (bicyclic) bond motifs is 1. The molecule has 6 rings (SSSR count). The van der Waals surface area contributed by atoms with Crippen LogP contribution in [-0.2, 0) is 6.61 Å². The number of hydrazone groups is 1. The van der Waals surface area contributed by atoms with Gasteiger partial charge in [-0.25, -0.2) is 10.4 Å². The maximum Gasteiger partial charge on any atom is 0.272 e. The van der Waals surface area contributed by atoms with Crippen molar-refractivity contribution < 1.29 is 9.53 Å². The van der Waals surface area contributed by atoms with Gasteiger partial charge in [0.2, 0.25) is 0 Å². The van der Waals surface area contributed by atoms with Gasteiger partial charge in [-0.3, -0.25) is 4.79 Å². The Morgan fingerprint density at radius 3 is 2.40 bits per heavy atom. The summed E-state index contributed by atoms with van der Waals surface area (Å²) in [5.41, 5.74) is 10.8. The van der Waals surface area contributed by atoms with Gasteiger partial charge in [0.1, 0.15) is 12.4 Å². The number of hydrogen-bond acceptors (Lipinski definition) is 4. The Bertz CT molecular complexity index is 1930. The highest BCUT2D eigenvalue weighted by molar-refractivity contribution is 9.10. The Morgan fingerprint density at radius 2 is 1.63 bits per heavy atom. The Morgan fingerprint density at radius 1 is 0.907 bits per heavy atom. The Balaban J connectivity index is 1.17. The average Bonchev–Trinajstić information content (AvgIpc) is 3.32. The van der Waals surface area contributed by atoms with E-state index in [9.17, 15) is 4.79 Å². The van der Waals surface area contributed by atoms with Crippen molar-refractivity contribution in [3.05, 3.63) is 148 Å². The van der Waals surface area contributed by atoms with Crippen LogP contribution in [0.2, 0.25) is 0 Å². The summed E-state index contributed by atoms with van der Waals surface area (Å²) in [5, 5.41) is 5.10. The molecule has 6 nitrogen and oxygen atoms in total. The number of hydrogen-bond donors (Lipinski definition) is 1. The lowest BCUT2D eigenvalue weighted by Crippen LogP contribution is -2.18. The zero-order chi connectivity index (χ0) is 29.8. The van der Waals surface area contributed by atoms with Crippen LogP contribution in [0.25, 0.3) is 27.8 Å². The molecule has 0 aliphatic carbocycles. The highest BCUT2D eigenvalue weighted by atomic mass is 79.9. The third-order valence-corrected chi connectivity index (χ3v) is 7.81. The van der Waals surface area contributed by atoms with Crippen LogP contribution >= 0.6 is 15.9 Å². The summed E-state index contributed by atoms with van der Waals surface area (Å²) in [5.74, 6) is 0.511. The molecule has 0 aliphatic heterocycles. The SMILES string of the molecule is Cc1cc(/C=N\NC(=O)c2cc(-c3ccccc3)nc3ccccc23)c(C)n1-c1ccc(OCc2ccc(Br)cc2)cc1. The molecule has 0 bridgehead atoms. The normalized spacial score (nSPS) is 11.2. The predicted octanol–water partition coefficient (Wildman–Crippen LogP) is 8.41. The van der Waals surface area contributed by atoms with E-state index in [-0.39, 0.29) is 5.91 Å². The van der Waals surface area contributed by atoms with Gasteiger partial charge in [0, 0.05) is 38.1 Å². The molecule has 212 valence electrons. The number of aromatic nitrogens is 2. The Hall–Kier alpha value is -5.01. The molecule has 0 radical (unpaired) electrons. The molecular weight excluding hydrogens is 600 g/mol. The van der Waals surface area contributed by atoms with Crippen LogP contribution in [0, 0.1) is 13.8 Å². The topological polar surface area (TPSA) is 68.5 Å². The van der Waals surface area contributed by atoms with Crippen LogP contribution in [0.15, 0.2) is 125 Å². The number of carbonyl (C=O) groups is 1. The number of para-hydroxylation sites is 1. The fourth-order valence-electron chi connectivity index (χ4n) is 5.10. The van der Waals surface area contributed by atoms with E-state index >= 15 is 0 Å². The van der Waals surface area contributed by atoms with Gasteiger partial charge in [-0.2, -0.15) is 5.10 Å². The number of nitrogens with zero attached hydrogens (tertiary/aromatic N) is 3.